The van der Waals surface area contributed by atoms with Crippen LogP contribution in [0.4, 0.5) is 16.3 Å². The Morgan fingerprint density at radius 2 is 1.84 bits per heavy atom. The number of ether oxygens (including phenoxy) is 1. The van der Waals surface area contributed by atoms with E-state index in [9.17, 15) is 4.79 Å². The van der Waals surface area contributed by atoms with Crippen LogP contribution in [-0.4, -0.2) is 54.4 Å². The van der Waals surface area contributed by atoms with Gasteiger partial charge in [-0.1, -0.05) is 6.07 Å². The molecule has 2 aromatic rings. The first-order valence-electron chi connectivity index (χ1n) is 8.32. The predicted molar refractivity (Wildman–Crippen MR) is 97.3 cm³/mol. The summed E-state index contributed by atoms with van der Waals surface area (Å²) in [6.07, 6.45) is 0. The number of carbonyl (C=O) groups excluding carboxylic acids is 1. The highest BCUT2D eigenvalue weighted by molar-refractivity contribution is 5.91. The Balaban J connectivity index is 1.60. The molecule has 1 N–H and O–H groups in total. The van der Waals surface area contributed by atoms with Crippen molar-refractivity contribution in [3.63, 3.8) is 0 Å². The van der Waals surface area contributed by atoms with Crippen LogP contribution in [0.15, 0.2) is 30.3 Å². The van der Waals surface area contributed by atoms with Crippen molar-refractivity contribution >= 4 is 17.5 Å². The molecule has 0 radical (unpaired) electrons. The van der Waals surface area contributed by atoms with Gasteiger partial charge in [-0.3, -0.25) is 0 Å². The molecule has 1 saturated heterocycles. The summed E-state index contributed by atoms with van der Waals surface area (Å²) in [6, 6.07) is 9.53. The summed E-state index contributed by atoms with van der Waals surface area (Å²) >= 11 is 0. The number of hydrogen-bond acceptors (Lipinski definition) is 5. The molecule has 25 heavy (non-hydrogen) atoms. The van der Waals surface area contributed by atoms with Crippen molar-refractivity contribution in [3.05, 3.63) is 41.6 Å². The van der Waals surface area contributed by atoms with Crippen LogP contribution in [0.1, 0.15) is 11.3 Å². The lowest BCUT2D eigenvalue weighted by molar-refractivity contribution is 0.208. The largest absolute Gasteiger partial charge is 0.495 e. The summed E-state index contributed by atoms with van der Waals surface area (Å²) < 4.78 is 5.32. The molecular formula is C18H23N5O2. The Morgan fingerprint density at radius 1 is 1.08 bits per heavy atom. The van der Waals surface area contributed by atoms with Gasteiger partial charge in [0, 0.05) is 26.2 Å². The fraction of sp³-hybridized carbons (Fsp3) is 0.389. The molecule has 0 saturated carbocycles. The fourth-order valence-electron chi connectivity index (χ4n) is 2.81. The smallest absolute Gasteiger partial charge is 0.322 e. The molecule has 7 heteroatoms. The molecule has 7 nitrogen and oxygen atoms in total. The number of anilines is 2. The molecule has 0 spiro atoms. The minimum absolute atomic E-state index is 0.112. The Kier molecular flexibility index (Phi) is 5.02. The monoisotopic (exact) mass is 341 g/mol. The lowest BCUT2D eigenvalue weighted by Gasteiger charge is -2.35. The number of methoxy groups -OCH3 is 1. The molecule has 132 valence electrons. The molecule has 1 aliphatic heterocycles. The first-order chi connectivity index (χ1) is 12.1. The van der Waals surface area contributed by atoms with E-state index in [0.717, 1.165) is 30.2 Å². The van der Waals surface area contributed by atoms with Crippen molar-refractivity contribution in [1.29, 1.82) is 0 Å². The molecule has 1 aromatic carbocycles. The molecule has 0 aliphatic carbocycles. The summed E-state index contributed by atoms with van der Waals surface area (Å²) in [4.78, 5) is 16.5. The quantitative estimate of drug-likeness (QED) is 0.928. The van der Waals surface area contributed by atoms with Gasteiger partial charge >= 0.3 is 6.03 Å². The van der Waals surface area contributed by atoms with Crippen molar-refractivity contribution < 1.29 is 9.53 Å². The Bertz CT molecular complexity index is 740. The van der Waals surface area contributed by atoms with Crippen molar-refractivity contribution in [2.45, 2.75) is 13.8 Å². The van der Waals surface area contributed by atoms with E-state index in [0.29, 0.717) is 24.5 Å². The predicted octanol–water partition coefficient (Wildman–Crippen LogP) is 2.46. The van der Waals surface area contributed by atoms with Gasteiger partial charge in [0.2, 0.25) is 0 Å². The highest BCUT2D eigenvalue weighted by Gasteiger charge is 2.22. The lowest BCUT2D eigenvalue weighted by atomic mass is 10.2. The van der Waals surface area contributed by atoms with Gasteiger partial charge in [-0.2, -0.15) is 5.10 Å². The van der Waals surface area contributed by atoms with Crippen LogP contribution in [0.3, 0.4) is 0 Å². The Morgan fingerprint density at radius 3 is 2.48 bits per heavy atom. The van der Waals surface area contributed by atoms with Crippen molar-refractivity contribution in [2.24, 2.45) is 0 Å². The first kappa shape index (κ1) is 17.0. The van der Waals surface area contributed by atoms with E-state index in [1.165, 1.54) is 0 Å². The van der Waals surface area contributed by atoms with Crippen LogP contribution in [0.5, 0.6) is 5.75 Å². The average Bonchev–Trinajstić information content (AvgIpc) is 2.63. The number of hydrogen-bond donors (Lipinski definition) is 1. The third-order valence-corrected chi connectivity index (χ3v) is 4.27. The highest BCUT2D eigenvalue weighted by Crippen LogP contribution is 2.25. The number of amides is 2. The molecule has 3 rings (SSSR count). The maximum atomic E-state index is 12.5. The Hall–Kier alpha value is -2.83. The first-order valence-corrected chi connectivity index (χ1v) is 8.32. The van der Waals surface area contributed by atoms with E-state index < -0.39 is 0 Å². The van der Waals surface area contributed by atoms with E-state index in [1.807, 2.05) is 44.2 Å². The van der Waals surface area contributed by atoms with Crippen LogP contribution >= 0.6 is 0 Å². The van der Waals surface area contributed by atoms with Crippen molar-refractivity contribution in [2.75, 3.05) is 43.5 Å². The maximum absolute atomic E-state index is 12.5. The molecule has 0 unspecified atom stereocenters. The number of carbonyl (C=O) groups is 1. The second-order valence-corrected chi connectivity index (χ2v) is 6.14. The number of nitrogens with one attached hydrogen (secondary N) is 1. The zero-order valence-electron chi connectivity index (χ0n) is 14.8. The lowest BCUT2D eigenvalue weighted by Crippen LogP contribution is -2.50. The minimum atomic E-state index is -0.112. The molecular weight excluding hydrogens is 318 g/mol. The summed E-state index contributed by atoms with van der Waals surface area (Å²) in [6.45, 7) is 6.63. The van der Waals surface area contributed by atoms with Crippen LogP contribution < -0.4 is 15.0 Å². The standard InChI is InChI=1S/C18H23N5O2/c1-13-4-6-16(25-3)15(12-13)19-18(24)23-10-8-22(9-11-23)17-7-5-14(2)20-21-17/h4-7,12H,8-11H2,1-3H3,(H,19,24). The number of aromatic nitrogens is 2. The number of aryl methyl sites for hydroxylation is 2. The van der Waals surface area contributed by atoms with E-state index in [1.54, 1.807) is 12.0 Å². The van der Waals surface area contributed by atoms with E-state index in [2.05, 4.69) is 20.4 Å². The zero-order chi connectivity index (χ0) is 17.8. The molecule has 1 aromatic heterocycles. The summed E-state index contributed by atoms with van der Waals surface area (Å²) in [5.74, 6) is 1.51. The topological polar surface area (TPSA) is 70.6 Å². The van der Waals surface area contributed by atoms with Gasteiger partial charge in [0.1, 0.15) is 5.75 Å². The van der Waals surface area contributed by atoms with Gasteiger partial charge in [-0.15, -0.1) is 5.10 Å². The van der Waals surface area contributed by atoms with Crippen LogP contribution in [0, 0.1) is 13.8 Å². The molecule has 0 atom stereocenters. The van der Waals surface area contributed by atoms with Gasteiger partial charge in [0.05, 0.1) is 18.5 Å². The molecule has 2 amide bonds. The number of piperazine rings is 1. The minimum Gasteiger partial charge on any atom is -0.495 e. The highest BCUT2D eigenvalue weighted by atomic mass is 16.5. The molecule has 1 aliphatic rings. The van der Waals surface area contributed by atoms with Crippen LogP contribution in [0.2, 0.25) is 0 Å². The molecule has 1 fully saturated rings. The molecule has 2 heterocycles. The number of urea groups is 1. The number of nitrogens with zero attached hydrogens (tertiary/aromatic N) is 4. The molecule has 0 bridgehead atoms. The fourth-order valence-corrected chi connectivity index (χ4v) is 2.81. The van der Waals surface area contributed by atoms with Gasteiger partial charge < -0.3 is 19.9 Å². The van der Waals surface area contributed by atoms with Gasteiger partial charge in [0.15, 0.2) is 5.82 Å². The third kappa shape index (κ3) is 3.99. The van der Waals surface area contributed by atoms with Gasteiger partial charge in [-0.05, 0) is 43.7 Å². The second-order valence-electron chi connectivity index (χ2n) is 6.14. The summed E-state index contributed by atoms with van der Waals surface area (Å²) in [5, 5.41) is 11.3. The normalized spacial score (nSPS) is 14.4. The average molecular weight is 341 g/mol. The van der Waals surface area contributed by atoms with Crippen molar-refractivity contribution in [3.8, 4) is 5.75 Å². The second kappa shape index (κ2) is 7.38. The van der Waals surface area contributed by atoms with E-state index in [4.69, 9.17) is 4.74 Å². The van der Waals surface area contributed by atoms with Crippen LogP contribution in [-0.2, 0) is 0 Å². The third-order valence-electron chi connectivity index (χ3n) is 4.27. The summed E-state index contributed by atoms with van der Waals surface area (Å²) in [7, 11) is 1.60. The Labute approximate surface area is 147 Å². The van der Waals surface area contributed by atoms with Gasteiger partial charge in [-0.25, -0.2) is 4.79 Å². The number of benzene rings is 1. The van der Waals surface area contributed by atoms with Crippen LogP contribution in [0.25, 0.3) is 0 Å². The van der Waals surface area contributed by atoms with Crippen molar-refractivity contribution in [1.82, 2.24) is 15.1 Å². The maximum Gasteiger partial charge on any atom is 0.322 e. The van der Waals surface area contributed by atoms with Gasteiger partial charge in [0.25, 0.3) is 0 Å². The summed E-state index contributed by atoms with van der Waals surface area (Å²) in [5.41, 5.74) is 2.66. The zero-order valence-corrected chi connectivity index (χ0v) is 14.8. The van der Waals surface area contributed by atoms with E-state index >= 15 is 0 Å². The van der Waals surface area contributed by atoms with E-state index in [-0.39, 0.29) is 6.03 Å². The SMILES string of the molecule is COc1ccc(C)cc1NC(=O)N1CCN(c2ccc(C)nn2)CC1. The number of rotatable bonds is 3.